The van der Waals surface area contributed by atoms with Gasteiger partial charge in [0.2, 0.25) is 5.91 Å². The summed E-state index contributed by atoms with van der Waals surface area (Å²) >= 11 is 0. The number of nitrogens with one attached hydrogen (secondary N) is 1. The summed E-state index contributed by atoms with van der Waals surface area (Å²) in [7, 11) is 0. The Hall–Kier alpha value is -2.04. The van der Waals surface area contributed by atoms with Crippen LogP contribution < -0.4 is 5.32 Å². The molecule has 0 bridgehead atoms. The lowest BCUT2D eigenvalue weighted by molar-refractivity contribution is -0.152. The molecule has 1 amide bonds. The van der Waals surface area contributed by atoms with Crippen molar-refractivity contribution in [2.24, 2.45) is 0 Å². The zero-order valence-electron chi connectivity index (χ0n) is 11.2. The number of benzene rings is 1. The highest BCUT2D eigenvalue weighted by Crippen LogP contribution is 2.27. The maximum absolute atomic E-state index is 12.6. The average Bonchev–Trinajstić information content (AvgIpc) is 2.90. The molecular weight excluding hydrogens is 256 g/mol. The molecule has 3 rings (SSSR count). The third kappa shape index (κ3) is 2.24. The first-order valence-electron chi connectivity index (χ1n) is 7.04. The standard InChI is InChI=1S/C15H18N2O3/c18-14(17-8-4-3-7-13(17)15(19)20)12-9-10-5-1-2-6-11(10)16-12/h1-2,5-6,12-13,16H,3-4,7-9H2,(H,19,20)/t12-,13+/m0/s1. The number of likely N-dealkylation sites (tertiary alicyclic amines) is 1. The molecule has 2 atom stereocenters. The predicted molar refractivity (Wildman–Crippen MR) is 74.5 cm³/mol. The second-order valence-electron chi connectivity index (χ2n) is 5.44. The van der Waals surface area contributed by atoms with E-state index in [9.17, 15) is 14.7 Å². The molecule has 0 aliphatic carbocycles. The van der Waals surface area contributed by atoms with Crippen LogP contribution in [0.1, 0.15) is 24.8 Å². The van der Waals surface area contributed by atoms with Crippen molar-refractivity contribution in [1.29, 1.82) is 0 Å². The minimum Gasteiger partial charge on any atom is -0.480 e. The van der Waals surface area contributed by atoms with Crippen molar-refractivity contribution in [3.63, 3.8) is 0 Å². The third-order valence-electron chi connectivity index (χ3n) is 4.14. The molecule has 2 aliphatic heterocycles. The minimum absolute atomic E-state index is 0.0895. The van der Waals surface area contributed by atoms with E-state index in [0.717, 1.165) is 24.1 Å². The van der Waals surface area contributed by atoms with Crippen molar-refractivity contribution in [3.05, 3.63) is 29.8 Å². The molecule has 0 saturated carbocycles. The Labute approximate surface area is 117 Å². The number of amides is 1. The quantitative estimate of drug-likeness (QED) is 0.857. The van der Waals surface area contributed by atoms with Gasteiger partial charge < -0.3 is 15.3 Å². The van der Waals surface area contributed by atoms with Crippen LogP contribution in [0.15, 0.2) is 24.3 Å². The number of hydrogen-bond donors (Lipinski definition) is 2. The number of fused-ring (bicyclic) bond motifs is 1. The van der Waals surface area contributed by atoms with Gasteiger partial charge in [-0.3, -0.25) is 4.79 Å². The van der Waals surface area contributed by atoms with E-state index < -0.39 is 12.0 Å². The summed E-state index contributed by atoms with van der Waals surface area (Å²) in [4.78, 5) is 25.4. The van der Waals surface area contributed by atoms with Gasteiger partial charge in [-0.1, -0.05) is 18.2 Å². The Bertz CT molecular complexity index is 519. The number of carboxylic acid groups (broad SMARTS) is 1. The molecule has 5 heteroatoms. The number of rotatable bonds is 2. The van der Waals surface area contributed by atoms with E-state index in [-0.39, 0.29) is 11.9 Å². The SMILES string of the molecule is O=C(O)[C@H]1CCCCN1C(=O)[C@@H]1Cc2ccccc2N1. The monoisotopic (exact) mass is 274 g/mol. The fourth-order valence-corrected chi connectivity index (χ4v) is 3.10. The molecule has 2 heterocycles. The van der Waals surface area contributed by atoms with Gasteiger partial charge in [0.25, 0.3) is 0 Å². The maximum Gasteiger partial charge on any atom is 0.326 e. The number of piperidine rings is 1. The fourth-order valence-electron chi connectivity index (χ4n) is 3.10. The second-order valence-corrected chi connectivity index (χ2v) is 5.44. The number of para-hydroxylation sites is 1. The van der Waals surface area contributed by atoms with Crippen LogP contribution in [0, 0.1) is 0 Å². The lowest BCUT2D eigenvalue weighted by Crippen LogP contribution is -2.52. The maximum atomic E-state index is 12.6. The van der Waals surface area contributed by atoms with E-state index in [0.29, 0.717) is 19.4 Å². The molecule has 2 N–H and O–H groups in total. The van der Waals surface area contributed by atoms with Crippen molar-refractivity contribution < 1.29 is 14.7 Å². The van der Waals surface area contributed by atoms with Gasteiger partial charge in [0.05, 0.1) is 0 Å². The highest BCUT2D eigenvalue weighted by molar-refractivity contribution is 5.90. The largest absolute Gasteiger partial charge is 0.480 e. The summed E-state index contributed by atoms with van der Waals surface area (Å²) in [5.41, 5.74) is 2.10. The van der Waals surface area contributed by atoms with Crippen LogP contribution in [-0.4, -0.2) is 40.5 Å². The predicted octanol–water partition coefficient (Wildman–Crippen LogP) is 1.49. The molecule has 2 aliphatic rings. The summed E-state index contributed by atoms with van der Waals surface area (Å²) in [5.74, 6) is -0.984. The van der Waals surface area contributed by atoms with Gasteiger partial charge in [-0.05, 0) is 30.9 Å². The van der Waals surface area contributed by atoms with Crippen LogP contribution >= 0.6 is 0 Å². The van der Waals surface area contributed by atoms with E-state index >= 15 is 0 Å². The molecule has 0 unspecified atom stereocenters. The van der Waals surface area contributed by atoms with Gasteiger partial charge in [0.1, 0.15) is 12.1 Å². The number of aliphatic carboxylic acids is 1. The van der Waals surface area contributed by atoms with Crippen LogP contribution in [0.4, 0.5) is 5.69 Å². The first kappa shape index (κ1) is 13.0. The van der Waals surface area contributed by atoms with Gasteiger partial charge in [0.15, 0.2) is 0 Å². The van der Waals surface area contributed by atoms with Gasteiger partial charge in [-0.25, -0.2) is 4.79 Å². The number of carboxylic acids is 1. The third-order valence-corrected chi connectivity index (χ3v) is 4.14. The van der Waals surface area contributed by atoms with E-state index in [2.05, 4.69) is 5.32 Å². The van der Waals surface area contributed by atoms with Gasteiger partial charge in [-0.2, -0.15) is 0 Å². The van der Waals surface area contributed by atoms with Gasteiger partial charge in [0, 0.05) is 18.7 Å². The van der Waals surface area contributed by atoms with Crippen LogP contribution in [0.2, 0.25) is 0 Å². The molecule has 1 aromatic rings. The molecule has 0 aromatic heterocycles. The average molecular weight is 274 g/mol. The van der Waals surface area contributed by atoms with Crippen molar-refractivity contribution >= 4 is 17.6 Å². The van der Waals surface area contributed by atoms with Gasteiger partial charge in [-0.15, -0.1) is 0 Å². The Balaban J connectivity index is 1.75. The summed E-state index contributed by atoms with van der Waals surface area (Å²) < 4.78 is 0. The molecular formula is C15H18N2O3. The summed E-state index contributed by atoms with van der Waals surface area (Å²) in [5, 5.41) is 12.5. The highest BCUT2D eigenvalue weighted by Gasteiger charge is 2.37. The van der Waals surface area contributed by atoms with E-state index in [4.69, 9.17) is 0 Å². The number of nitrogens with zero attached hydrogens (tertiary/aromatic N) is 1. The van der Waals surface area contributed by atoms with Crippen molar-refractivity contribution in [1.82, 2.24) is 4.90 Å². The Morgan fingerprint density at radius 1 is 1.25 bits per heavy atom. The van der Waals surface area contributed by atoms with Crippen molar-refractivity contribution in [3.8, 4) is 0 Å². The molecule has 0 radical (unpaired) electrons. The van der Waals surface area contributed by atoms with E-state index in [1.54, 1.807) is 0 Å². The molecule has 1 saturated heterocycles. The van der Waals surface area contributed by atoms with Crippen molar-refractivity contribution in [2.75, 3.05) is 11.9 Å². The number of carbonyl (C=O) groups is 2. The summed E-state index contributed by atoms with van der Waals surface area (Å²) in [6, 6.07) is 6.84. The topological polar surface area (TPSA) is 69.6 Å². The molecule has 106 valence electrons. The summed E-state index contributed by atoms with van der Waals surface area (Å²) in [6.45, 7) is 0.546. The van der Waals surface area contributed by atoms with Crippen LogP contribution in [0.5, 0.6) is 0 Å². The Kier molecular flexibility index (Phi) is 3.34. The lowest BCUT2D eigenvalue weighted by Gasteiger charge is -2.34. The summed E-state index contributed by atoms with van der Waals surface area (Å²) in [6.07, 6.45) is 2.95. The smallest absolute Gasteiger partial charge is 0.326 e. The second kappa shape index (κ2) is 5.15. The minimum atomic E-state index is -0.895. The zero-order chi connectivity index (χ0) is 14.1. The molecule has 20 heavy (non-hydrogen) atoms. The number of anilines is 1. The van der Waals surface area contributed by atoms with Crippen molar-refractivity contribution in [2.45, 2.75) is 37.8 Å². The normalized spacial score (nSPS) is 24.9. The van der Waals surface area contributed by atoms with E-state index in [1.165, 1.54) is 4.90 Å². The van der Waals surface area contributed by atoms with Crippen LogP contribution in [-0.2, 0) is 16.0 Å². The van der Waals surface area contributed by atoms with E-state index in [1.807, 2.05) is 24.3 Å². The number of carbonyl (C=O) groups excluding carboxylic acids is 1. The van der Waals surface area contributed by atoms with Crippen LogP contribution in [0.3, 0.4) is 0 Å². The zero-order valence-corrected chi connectivity index (χ0v) is 11.2. The molecule has 1 aromatic carbocycles. The van der Waals surface area contributed by atoms with Crippen LogP contribution in [0.25, 0.3) is 0 Å². The van der Waals surface area contributed by atoms with Gasteiger partial charge >= 0.3 is 5.97 Å². The molecule has 5 nitrogen and oxygen atoms in total. The Morgan fingerprint density at radius 3 is 2.80 bits per heavy atom. The number of hydrogen-bond acceptors (Lipinski definition) is 3. The Morgan fingerprint density at radius 2 is 2.05 bits per heavy atom. The highest BCUT2D eigenvalue weighted by atomic mass is 16.4. The molecule has 1 fully saturated rings. The first-order chi connectivity index (χ1) is 9.66. The lowest BCUT2D eigenvalue weighted by atomic mass is 10.0. The fraction of sp³-hybridized carbons (Fsp3) is 0.467. The first-order valence-corrected chi connectivity index (χ1v) is 7.04. The molecule has 0 spiro atoms.